The smallest absolute Gasteiger partial charge is 0.265 e. The summed E-state index contributed by atoms with van der Waals surface area (Å²) in [5, 5.41) is 0.994. The number of nitrogens with one attached hydrogen (secondary N) is 1. The number of carbonyl (C=O) groups excluding carboxylic acids is 1. The van der Waals surface area contributed by atoms with E-state index in [4.69, 9.17) is 40.2 Å². The fraction of sp³-hybridized carbons (Fsp3) is 0.500. The van der Waals surface area contributed by atoms with Crippen LogP contribution in [0.2, 0.25) is 10.0 Å². The van der Waals surface area contributed by atoms with Crippen LogP contribution < -0.4 is 9.46 Å². The molecule has 190 valence electrons. The lowest BCUT2D eigenvalue weighted by Gasteiger charge is -2.40. The van der Waals surface area contributed by atoms with Gasteiger partial charge in [-0.1, -0.05) is 57.4 Å². The molecule has 1 amide bonds. The molecule has 1 saturated heterocycles. The van der Waals surface area contributed by atoms with Gasteiger partial charge in [0.2, 0.25) is 5.91 Å². The van der Waals surface area contributed by atoms with Crippen LogP contribution in [-0.4, -0.2) is 49.3 Å². The number of halogens is 3. The van der Waals surface area contributed by atoms with E-state index in [2.05, 4.69) is 25.6 Å². The number of thiocarbonyl (C=S) groups is 1. The van der Waals surface area contributed by atoms with E-state index in [1.807, 2.05) is 6.07 Å². The van der Waals surface area contributed by atoms with Gasteiger partial charge in [-0.3, -0.25) is 4.79 Å². The molecule has 35 heavy (non-hydrogen) atoms. The average molecular weight is 622 g/mol. The molecule has 0 aromatic heterocycles. The van der Waals surface area contributed by atoms with Crippen LogP contribution in [0.4, 0.5) is 0 Å². The molecule has 0 radical (unpaired) electrons. The lowest BCUT2D eigenvalue weighted by Crippen LogP contribution is -2.47. The molecular formula is C24H27BrCl2N2O4S2. The molecule has 11 heteroatoms. The predicted octanol–water partition coefficient (Wildman–Crippen LogP) is 5.78. The highest BCUT2D eigenvalue weighted by atomic mass is 79.9. The molecule has 1 aromatic rings. The van der Waals surface area contributed by atoms with E-state index in [1.54, 1.807) is 18.2 Å². The molecule has 0 atom stereocenters. The van der Waals surface area contributed by atoms with Crippen LogP contribution in [0.15, 0.2) is 39.7 Å². The summed E-state index contributed by atoms with van der Waals surface area (Å²) in [6.45, 7) is 1.85. The van der Waals surface area contributed by atoms with Crippen LogP contribution in [0.3, 0.4) is 0 Å². The summed E-state index contributed by atoms with van der Waals surface area (Å²) in [7, 11) is -3.98. The van der Waals surface area contributed by atoms with Gasteiger partial charge < -0.3 is 9.64 Å². The number of carbonyl (C=O) groups is 1. The second kappa shape index (κ2) is 11.6. The summed E-state index contributed by atoms with van der Waals surface area (Å²) >= 11 is 20.5. The van der Waals surface area contributed by atoms with Crippen LogP contribution in [0.5, 0.6) is 5.75 Å². The Balaban J connectivity index is 1.24. The Morgan fingerprint density at radius 3 is 2.43 bits per heavy atom. The zero-order chi connectivity index (χ0) is 25.2. The van der Waals surface area contributed by atoms with E-state index >= 15 is 0 Å². The Morgan fingerprint density at radius 2 is 1.77 bits per heavy atom. The molecule has 4 rings (SSSR count). The van der Waals surface area contributed by atoms with Gasteiger partial charge in [0.15, 0.2) is 0 Å². The quantitative estimate of drug-likeness (QED) is 0.406. The standard InChI is InChI=1S/C24H27BrCl2N2O4S2/c25-16-3-8-22(34)23(13-16)35(31,32)28-24(30)15-1-4-17(5-2-15)29-11-9-18(10-12-29)33-19-6-7-20(26)21(27)14-19/h3,6-7,13-15,17-18H,1-2,4-5,8-12H2,(H,28,30). The summed E-state index contributed by atoms with van der Waals surface area (Å²) in [6, 6.07) is 5.72. The Morgan fingerprint density at radius 1 is 1.09 bits per heavy atom. The molecule has 1 heterocycles. The maximum atomic E-state index is 12.8. The van der Waals surface area contributed by atoms with E-state index in [0.29, 0.717) is 44.7 Å². The number of piperidine rings is 1. The number of amides is 1. The Bertz CT molecular complexity index is 1160. The van der Waals surface area contributed by atoms with E-state index in [0.717, 1.165) is 44.5 Å². The number of allylic oxidation sites excluding steroid dienone is 4. The van der Waals surface area contributed by atoms with Gasteiger partial charge in [-0.05, 0) is 56.7 Å². The number of hydrogen-bond acceptors (Lipinski definition) is 6. The van der Waals surface area contributed by atoms with E-state index in [-0.39, 0.29) is 16.9 Å². The number of sulfonamides is 1. The maximum Gasteiger partial charge on any atom is 0.265 e. The number of ether oxygens (including phenoxy) is 1. The molecule has 2 aliphatic carbocycles. The zero-order valence-corrected chi connectivity index (χ0v) is 23.7. The summed E-state index contributed by atoms with van der Waals surface area (Å²) in [5.74, 6) is -0.0210. The van der Waals surface area contributed by atoms with Crippen molar-refractivity contribution in [1.82, 2.24) is 9.62 Å². The van der Waals surface area contributed by atoms with Crippen molar-refractivity contribution in [3.05, 3.63) is 49.8 Å². The number of benzene rings is 1. The summed E-state index contributed by atoms with van der Waals surface area (Å²) < 4.78 is 34.5. The van der Waals surface area contributed by atoms with Gasteiger partial charge >= 0.3 is 0 Å². The first-order chi connectivity index (χ1) is 16.6. The number of likely N-dealkylation sites (tertiary alicyclic amines) is 1. The van der Waals surface area contributed by atoms with Crippen LogP contribution in [0, 0.1) is 5.92 Å². The lowest BCUT2D eigenvalue weighted by atomic mass is 9.84. The van der Waals surface area contributed by atoms with Crippen molar-refractivity contribution >= 4 is 72.1 Å². The highest BCUT2D eigenvalue weighted by Crippen LogP contribution is 2.32. The average Bonchev–Trinajstić information content (AvgIpc) is 2.83. The highest BCUT2D eigenvalue weighted by molar-refractivity contribution is 9.11. The van der Waals surface area contributed by atoms with Gasteiger partial charge in [-0.25, -0.2) is 13.1 Å². The first-order valence-corrected chi connectivity index (χ1v) is 15.1. The van der Waals surface area contributed by atoms with Crippen molar-refractivity contribution < 1.29 is 17.9 Å². The summed E-state index contributed by atoms with van der Waals surface area (Å²) in [6.07, 6.45) is 8.63. The van der Waals surface area contributed by atoms with Crippen molar-refractivity contribution in [1.29, 1.82) is 0 Å². The molecule has 0 bridgehead atoms. The van der Waals surface area contributed by atoms with E-state index < -0.39 is 15.9 Å². The third-order valence-corrected chi connectivity index (χ3v) is 10.0. The first kappa shape index (κ1) is 27.1. The van der Waals surface area contributed by atoms with Gasteiger partial charge in [0, 0.05) is 46.9 Å². The van der Waals surface area contributed by atoms with Crippen molar-refractivity contribution in [3.63, 3.8) is 0 Å². The normalized spacial score (nSPS) is 24.5. The highest BCUT2D eigenvalue weighted by Gasteiger charge is 2.34. The summed E-state index contributed by atoms with van der Waals surface area (Å²) in [5.41, 5.74) is 0. The third-order valence-electron chi connectivity index (χ3n) is 6.81. The summed E-state index contributed by atoms with van der Waals surface area (Å²) in [4.78, 5) is 15.5. The largest absolute Gasteiger partial charge is 0.490 e. The second-order valence-electron chi connectivity index (χ2n) is 9.13. The fourth-order valence-corrected chi connectivity index (χ4v) is 7.37. The fourth-order valence-electron chi connectivity index (χ4n) is 4.86. The van der Waals surface area contributed by atoms with Crippen LogP contribution in [-0.2, 0) is 14.8 Å². The van der Waals surface area contributed by atoms with Crippen molar-refractivity contribution in [2.75, 3.05) is 13.1 Å². The van der Waals surface area contributed by atoms with Gasteiger partial charge in [0.1, 0.15) is 16.8 Å². The van der Waals surface area contributed by atoms with Crippen molar-refractivity contribution in [3.8, 4) is 5.75 Å². The van der Waals surface area contributed by atoms with Gasteiger partial charge in [0.25, 0.3) is 10.0 Å². The molecule has 1 aliphatic heterocycles. The second-order valence-corrected chi connectivity index (χ2v) is 13.0. The number of hydrogen-bond donors (Lipinski definition) is 1. The Labute approximate surface area is 230 Å². The maximum absolute atomic E-state index is 12.8. The van der Waals surface area contributed by atoms with E-state index in [9.17, 15) is 13.2 Å². The molecule has 3 aliphatic rings. The molecule has 0 unspecified atom stereocenters. The Kier molecular flexibility index (Phi) is 8.98. The molecule has 1 N–H and O–H groups in total. The number of nitrogens with zero attached hydrogens (tertiary/aromatic N) is 1. The van der Waals surface area contributed by atoms with Crippen LogP contribution >= 0.6 is 51.3 Å². The molecule has 0 spiro atoms. The zero-order valence-electron chi connectivity index (χ0n) is 19.0. The monoisotopic (exact) mass is 620 g/mol. The Hall–Kier alpha value is -0.970. The van der Waals surface area contributed by atoms with Gasteiger partial charge in [0.05, 0.1) is 10.0 Å². The molecule has 6 nitrogen and oxygen atoms in total. The molecule has 2 fully saturated rings. The minimum Gasteiger partial charge on any atom is -0.490 e. The SMILES string of the molecule is O=C(NS(=O)(=O)C1=CC(Br)=CCC1=S)C1CCC(N2CCC(Oc3ccc(Cl)c(Cl)c3)CC2)CC1. The minimum absolute atomic E-state index is 0.00475. The third kappa shape index (κ3) is 6.87. The molecule has 1 aromatic carbocycles. The predicted molar refractivity (Wildman–Crippen MR) is 147 cm³/mol. The van der Waals surface area contributed by atoms with Crippen LogP contribution in [0.25, 0.3) is 0 Å². The first-order valence-electron chi connectivity index (χ1n) is 11.7. The number of rotatable bonds is 6. The lowest BCUT2D eigenvalue weighted by molar-refractivity contribution is -0.124. The molecular weight excluding hydrogens is 595 g/mol. The minimum atomic E-state index is -3.98. The topological polar surface area (TPSA) is 75.7 Å². The van der Waals surface area contributed by atoms with E-state index in [1.165, 1.54) is 6.08 Å². The molecule has 1 saturated carbocycles. The van der Waals surface area contributed by atoms with Gasteiger partial charge in [-0.15, -0.1) is 0 Å². The van der Waals surface area contributed by atoms with Crippen molar-refractivity contribution in [2.24, 2.45) is 5.92 Å². The van der Waals surface area contributed by atoms with Gasteiger partial charge in [-0.2, -0.15) is 0 Å². The van der Waals surface area contributed by atoms with Crippen molar-refractivity contribution in [2.45, 2.75) is 57.1 Å². The van der Waals surface area contributed by atoms with Crippen LogP contribution in [0.1, 0.15) is 44.9 Å².